The summed E-state index contributed by atoms with van der Waals surface area (Å²) in [6.45, 7) is 3.92. The Kier molecular flexibility index (Phi) is 4.91. The van der Waals surface area contributed by atoms with E-state index in [4.69, 9.17) is 0 Å². The molecule has 2 rings (SSSR count). The van der Waals surface area contributed by atoms with Crippen molar-refractivity contribution in [3.8, 4) is 0 Å². The first kappa shape index (κ1) is 15.2. The predicted octanol–water partition coefficient (Wildman–Crippen LogP) is 3.44. The minimum absolute atomic E-state index is 0.0899. The summed E-state index contributed by atoms with van der Waals surface area (Å²) in [6.07, 6.45) is 5.12. The molecule has 1 fully saturated rings. The number of hydrogen-bond donors (Lipinski definition) is 2. The van der Waals surface area contributed by atoms with Gasteiger partial charge in [-0.3, -0.25) is 4.72 Å². The summed E-state index contributed by atoms with van der Waals surface area (Å²) in [6, 6.07) is 8.03. The summed E-state index contributed by atoms with van der Waals surface area (Å²) in [5.74, 6) is 0.786. The highest BCUT2D eigenvalue weighted by molar-refractivity contribution is 7.92. The van der Waals surface area contributed by atoms with Crippen molar-refractivity contribution < 1.29 is 8.42 Å². The maximum Gasteiger partial charge on any atom is 0.232 e. The van der Waals surface area contributed by atoms with Gasteiger partial charge in [0.05, 0.1) is 5.75 Å². The van der Waals surface area contributed by atoms with Crippen LogP contribution in [0.15, 0.2) is 24.3 Å². The average molecular weight is 296 g/mol. The van der Waals surface area contributed by atoms with Crippen molar-refractivity contribution >= 4 is 21.4 Å². The molecule has 0 radical (unpaired) electrons. The molecule has 1 aromatic carbocycles. The normalized spacial score (nSPS) is 23.3. The molecule has 1 aromatic rings. The van der Waals surface area contributed by atoms with Crippen LogP contribution < -0.4 is 10.0 Å². The minimum Gasteiger partial charge on any atom is -0.382 e. The maximum absolute atomic E-state index is 11.5. The number of benzene rings is 1. The second-order valence-corrected chi connectivity index (χ2v) is 7.61. The SMILES string of the molecule is CCS(=O)(=O)Nc1ccc(NC2CCCCC2C)cc1. The van der Waals surface area contributed by atoms with Crippen LogP contribution in [-0.2, 0) is 10.0 Å². The van der Waals surface area contributed by atoms with Gasteiger partial charge in [-0.1, -0.05) is 19.8 Å². The summed E-state index contributed by atoms with van der Waals surface area (Å²) >= 11 is 0. The van der Waals surface area contributed by atoms with E-state index in [1.807, 2.05) is 24.3 Å². The lowest BCUT2D eigenvalue weighted by Gasteiger charge is -2.30. The van der Waals surface area contributed by atoms with Gasteiger partial charge in [0.2, 0.25) is 10.0 Å². The molecule has 0 spiro atoms. The topological polar surface area (TPSA) is 58.2 Å². The van der Waals surface area contributed by atoms with Gasteiger partial charge >= 0.3 is 0 Å². The van der Waals surface area contributed by atoms with E-state index in [1.54, 1.807) is 6.92 Å². The molecule has 112 valence electrons. The lowest BCUT2D eigenvalue weighted by molar-refractivity contribution is 0.349. The fraction of sp³-hybridized carbons (Fsp3) is 0.600. The third kappa shape index (κ3) is 4.13. The zero-order valence-corrected chi connectivity index (χ0v) is 13.0. The van der Waals surface area contributed by atoms with Crippen molar-refractivity contribution in [2.24, 2.45) is 5.92 Å². The van der Waals surface area contributed by atoms with Gasteiger partial charge in [-0.15, -0.1) is 0 Å². The van der Waals surface area contributed by atoms with Crippen LogP contribution in [0.1, 0.15) is 39.5 Å². The Morgan fingerprint density at radius 1 is 1.10 bits per heavy atom. The first-order valence-corrected chi connectivity index (χ1v) is 9.02. The quantitative estimate of drug-likeness (QED) is 0.875. The van der Waals surface area contributed by atoms with Crippen LogP contribution in [0.25, 0.3) is 0 Å². The van der Waals surface area contributed by atoms with Crippen LogP contribution in [0.5, 0.6) is 0 Å². The van der Waals surface area contributed by atoms with Crippen LogP contribution in [0, 0.1) is 5.92 Å². The Morgan fingerprint density at radius 2 is 1.70 bits per heavy atom. The van der Waals surface area contributed by atoms with E-state index >= 15 is 0 Å². The summed E-state index contributed by atoms with van der Waals surface area (Å²) in [5.41, 5.74) is 1.68. The van der Waals surface area contributed by atoms with E-state index < -0.39 is 10.0 Å². The van der Waals surface area contributed by atoms with E-state index in [-0.39, 0.29) is 5.75 Å². The van der Waals surface area contributed by atoms with Crippen molar-refractivity contribution in [3.63, 3.8) is 0 Å². The number of rotatable bonds is 5. The third-order valence-corrected chi connectivity index (χ3v) is 5.31. The standard InChI is InChI=1S/C15H24N2O2S/c1-3-20(18,19)17-14-10-8-13(9-11-14)16-15-7-5-4-6-12(15)2/h8-12,15-17H,3-7H2,1-2H3. The molecule has 20 heavy (non-hydrogen) atoms. The lowest BCUT2D eigenvalue weighted by atomic mass is 9.86. The van der Waals surface area contributed by atoms with E-state index in [9.17, 15) is 8.42 Å². The highest BCUT2D eigenvalue weighted by Gasteiger charge is 2.20. The molecular weight excluding hydrogens is 272 g/mol. The smallest absolute Gasteiger partial charge is 0.232 e. The van der Waals surface area contributed by atoms with Crippen molar-refractivity contribution in [2.45, 2.75) is 45.6 Å². The number of anilines is 2. The molecule has 0 aromatic heterocycles. The van der Waals surface area contributed by atoms with Crippen LogP contribution in [0.4, 0.5) is 11.4 Å². The molecule has 0 bridgehead atoms. The molecule has 1 saturated carbocycles. The van der Waals surface area contributed by atoms with Crippen LogP contribution in [0.2, 0.25) is 0 Å². The van der Waals surface area contributed by atoms with E-state index in [1.165, 1.54) is 25.7 Å². The number of nitrogens with one attached hydrogen (secondary N) is 2. The fourth-order valence-electron chi connectivity index (χ4n) is 2.63. The Morgan fingerprint density at radius 3 is 2.30 bits per heavy atom. The van der Waals surface area contributed by atoms with Crippen molar-refractivity contribution in [1.82, 2.24) is 0 Å². The van der Waals surface area contributed by atoms with E-state index in [0.29, 0.717) is 17.6 Å². The van der Waals surface area contributed by atoms with Crippen molar-refractivity contribution in [1.29, 1.82) is 0 Å². The Hall–Kier alpha value is -1.23. The van der Waals surface area contributed by atoms with E-state index in [2.05, 4.69) is 17.0 Å². The van der Waals surface area contributed by atoms with Gasteiger partial charge in [-0.25, -0.2) is 8.42 Å². The van der Waals surface area contributed by atoms with Gasteiger partial charge in [-0.2, -0.15) is 0 Å². The fourth-order valence-corrected chi connectivity index (χ4v) is 3.27. The maximum atomic E-state index is 11.5. The minimum atomic E-state index is -3.19. The summed E-state index contributed by atoms with van der Waals surface area (Å²) in [4.78, 5) is 0. The highest BCUT2D eigenvalue weighted by atomic mass is 32.2. The zero-order valence-electron chi connectivity index (χ0n) is 12.2. The first-order chi connectivity index (χ1) is 9.50. The Bertz CT molecular complexity index is 525. The molecule has 0 saturated heterocycles. The second-order valence-electron chi connectivity index (χ2n) is 5.60. The Balaban J connectivity index is 1.97. The predicted molar refractivity (Wildman–Crippen MR) is 84.6 cm³/mol. The van der Waals surface area contributed by atoms with Crippen LogP contribution in [-0.4, -0.2) is 20.2 Å². The molecular formula is C15H24N2O2S. The van der Waals surface area contributed by atoms with Gasteiger partial charge in [0, 0.05) is 17.4 Å². The summed E-state index contributed by atoms with van der Waals surface area (Å²) in [5, 5.41) is 3.56. The molecule has 1 aliphatic carbocycles. The first-order valence-electron chi connectivity index (χ1n) is 7.37. The number of hydrogen-bond acceptors (Lipinski definition) is 3. The molecule has 0 heterocycles. The molecule has 2 atom stereocenters. The summed E-state index contributed by atoms with van der Waals surface area (Å²) in [7, 11) is -3.19. The lowest BCUT2D eigenvalue weighted by Crippen LogP contribution is -2.30. The summed E-state index contributed by atoms with van der Waals surface area (Å²) < 4.78 is 25.5. The zero-order chi connectivity index (χ0) is 14.6. The Labute approximate surface area is 122 Å². The largest absolute Gasteiger partial charge is 0.382 e. The second kappa shape index (κ2) is 6.48. The van der Waals surface area contributed by atoms with Gasteiger partial charge in [0.1, 0.15) is 0 Å². The highest BCUT2D eigenvalue weighted by Crippen LogP contribution is 2.27. The monoisotopic (exact) mass is 296 g/mol. The van der Waals surface area contributed by atoms with Gasteiger partial charge in [-0.05, 0) is 49.9 Å². The van der Waals surface area contributed by atoms with Crippen molar-refractivity contribution in [3.05, 3.63) is 24.3 Å². The third-order valence-electron chi connectivity index (χ3n) is 4.00. The number of sulfonamides is 1. The molecule has 1 aliphatic rings. The molecule has 4 nitrogen and oxygen atoms in total. The van der Waals surface area contributed by atoms with Gasteiger partial charge in [0.25, 0.3) is 0 Å². The molecule has 5 heteroatoms. The van der Waals surface area contributed by atoms with Crippen molar-refractivity contribution in [2.75, 3.05) is 15.8 Å². The molecule has 2 N–H and O–H groups in total. The van der Waals surface area contributed by atoms with Gasteiger partial charge in [0.15, 0.2) is 0 Å². The molecule has 2 unspecified atom stereocenters. The molecule has 0 aliphatic heterocycles. The van der Waals surface area contributed by atoms with Crippen LogP contribution in [0.3, 0.4) is 0 Å². The van der Waals surface area contributed by atoms with Crippen LogP contribution >= 0.6 is 0 Å². The molecule has 0 amide bonds. The van der Waals surface area contributed by atoms with Gasteiger partial charge < -0.3 is 5.32 Å². The average Bonchev–Trinajstić information content (AvgIpc) is 2.43. The van der Waals surface area contributed by atoms with E-state index in [0.717, 1.165) is 5.69 Å².